The predicted molar refractivity (Wildman–Crippen MR) is 119 cm³/mol. The van der Waals surface area contributed by atoms with E-state index in [0.717, 1.165) is 16.9 Å². The number of thiazole rings is 1. The van der Waals surface area contributed by atoms with E-state index in [4.69, 9.17) is 4.74 Å². The van der Waals surface area contributed by atoms with Crippen LogP contribution >= 0.6 is 11.3 Å². The predicted octanol–water partition coefficient (Wildman–Crippen LogP) is 4.70. The molecule has 0 aliphatic carbocycles. The third kappa shape index (κ3) is 4.49. The first kappa shape index (κ1) is 19.7. The molecular weight excluding hydrogens is 398 g/mol. The van der Waals surface area contributed by atoms with Crippen LogP contribution in [0.15, 0.2) is 67.0 Å². The van der Waals surface area contributed by atoms with Crippen LogP contribution in [0.4, 0.5) is 16.5 Å². The summed E-state index contributed by atoms with van der Waals surface area (Å²) in [4.78, 5) is 17.8. The standard InChI is InChI=1S/C22H21N5O2S/c1-15-20(30-22(24-15)26-18-6-3-4-7-19(18)29-2)21(28)25-17-10-8-16(9-11-17)14-27-13-5-12-23-27/h3-13H,14H2,1-2H3,(H,24,26)(H,25,28). The maximum atomic E-state index is 12.8. The highest BCUT2D eigenvalue weighted by Gasteiger charge is 2.16. The fourth-order valence-corrected chi connectivity index (χ4v) is 3.86. The van der Waals surface area contributed by atoms with Crippen molar-refractivity contribution in [3.8, 4) is 5.75 Å². The number of hydrogen-bond donors (Lipinski definition) is 2. The Kier molecular flexibility index (Phi) is 5.76. The number of aromatic nitrogens is 3. The minimum absolute atomic E-state index is 0.182. The van der Waals surface area contributed by atoms with Crippen LogP contribution in [-0.2, 0) is 6.54 Å². The third-order valence-electron chi connectivity index (χ3n) is 4.47. The molecule has 1 amide bonds. The number of aryl methyl sites for hydroxylation is 1. The lowest BCUT2D eigenvalue weighted by Crippen LogP contribution is -2.11. The molecule has 4 aromatic rings. The van der Waals surface area contributed by atoms with E-state index in [9.17, 15) is 4.79 Å². The number of benzene rings is 2. The van der Waals surface area contributed by atoms with E-state index in [-0.39, 0.29) is 5.91 Å². The van der Waals surface area contributed by atoms with Gasteiger partial charge in [0.1, 0.15) is 10.6 Å². The second kappa shape index (κ2) is 8.79. The minimum atomic E-state index is -0.182. The van der Waals surface area contributed by atoms with Crippen molar-refractivity contribution in [2.24, 2.45) is 0 Å². The van der Waals surface area contributed by atoms with Crippen molar-refractivity contribution in [1.29, 1.82) is 0 Å². The van der Waals surface area contributed by atoms with Crippen molar-refractivity contribution in [1.82, 2.24) is 14.8 Å². The number of rotatable bonds is 7. The van der Waals surface area contributed by atoms with Gasteiger partial charge in [0.15, 0.2) is 5.13 Å². The Morgan fingerprint density at radius 1 is 1.13 bits per heavy atom. The number of para-hydroxylation sites is 2. The molecule has 0 saturated heterocycles. The van der Waals surface area contributed by atoms with Crippen LogP contribution in [0.5, 0.6) is 5.75 Å². The average Bonchev–Trinajstić information content (AvgIpc) is 3.39. The molecule has 8 heteroatoms. The molecular formula is C22H21N5O2S. The topological polar surface area (TPSA) is 81.1 Å². The molecule has 0 spiro atoms. The Morgan fingerprint density at radius 3 is 2.67 bits per heavy atom. The lowest BCUT2D eigenvalue weighted by Gasteiger charge is -2.08. The summed E-state index contributed by atoms with van der Waals surface area (Å²) >= 11 is 1.31. The average molecular weight is 420 g/mol. The van der Waals surface area contributed by atoms with Crippen LogP contribution in [0.3, 0.4) is 0 Å². The smallest absolute Gasteiger partial charge is 0.267 e. The van der Waals surface area contributed by atoms with E-state index in [2.05, 4.69) is 20.7 Å². The number of carbonyl (C=O) groups is 1. The van der Waals surface area contributed by atoms with Crippen LogP contribution in [0.25, 0.3) is 0 Å². The molecule has 0 fully saturated rings. The van der Waals surface area contributed by atoms with Gasteiger partial charge >= 0.3 is 0 Å². The molecule has 7 nitrogen and oxygen atoms in total. The van der Waals surface area contributed by atoms with Gasteiger partial charge in [0.05, 0.1) is 25.0 Å². The van der Waals surface area contributed by atoms with Gasteiger partial charge in [-0.05, 0) is 42.8 Å². The summed E-state index contributed by atoms with van der Waals surface area (Å²) in [7, 11) is 1.62. The van der Waals surface area contributed by atoms with Crippen LogP contribution < -0.4 is 15.4 Å². The van der Waals surface area contributed by atoms with Gasteiger partial charge in [-0.3, -0.25) is 9.48 Å². The molecule has 2 heterocycles. The van der Waals surface area contributed by atoms with Crippen LogP contribution in [0, 0.1) is 6.92 Å². The van der Waals surface area contributed by atoms with E-state index in [1.165, 1.54) is 11.3 Å². The van der Waals surface area contributed by atoms with E-state index < -0.39 is 0 Å². The first-order chi connectivity index (χ1) is 14.6. The zero-order chi connectivity index (χ0) is 20.9. The van der Waals surface area contributed by atoms with Crippen LogP contribution in [-0.4, -0.2) is 27.8 Å². The van der Waals surface area contributed by atoms with Crippen molar-refractivity contribution in [3.63, 3.8) is 0 Å². The molecule has 0 saturated carbocycles. The Hall–Kier alpha value is -3.65. The number of amides is 1. The minimum Gasteiger partial charge on any atom is -0.495 e. The molecule has 0 unspecified atom stereocenters. The van der Waals surface area contributed by atoms with Gasteiger partial charge in [-0.15, -0.1) is 0 Å². The molecule has 2 aromatic carbocycles. The zero-order valence-electron chi connectivity index (χ0n) is 16.6. The number of anilines is 3. The van der Waals surface area contributed by atoms with Crippen LogP contribution in [0.2, 0.25) is 0 Å². The Labute approximate surface area is 178 Å². The normalized spacial score (nSPS) is 10.6. The molecule has 30 heavy (non-hydrogen) atoms. The van der Waals surface area contributed by atoms with Crippen molar-refractivity contribution in [2.75, 3.05) is 17.7 Å². The molecule has 2 N–H and O–H groups in total. The maximum absolute atomic E-state index is 12.8. The summed E-state index contributed by atoms with van der Waals surface area (Å²) in [6.07, 6.45) is 3.67. The van der Waals surface area contributed by atoms with Crippen molar-refractivity contribution in [2.45, 2.75) is 13.5 Å². The second-order valence-electron chi connectivity index (χ2n) is 6.61. The maximum Gasteiger partial charge on any atom is 0.267 e. The summed E-state index contributed by atoms with van der Waals surface area (Å²) < 4.78 is 7.20. The zero-order valence-corrected chi connectivity index (χ0v) is 17.4. The van der Waals surface area contributed by atoms with Gasteiger partial charge in [-0.25, -0.2) is 4.98 Å². The lowest BCUT2D eigenvalue weighted by molar-refractivity contribution is 0.103. The first-order valence-electron chi connectivity index (χ1n) is 9.37. The summed E-state index contributed by atoms with van der Waals surface area (Å²) in [6, 6.07) is 17.2. The molecule has 0 atom stereocenters. The van der Waals surface area contributed by atoms with E-state index in [0.29, 0.717) is 28.0 Å². The van der Waals surface area contributed by atoms with Gasteiger partial charge in [0, 0.05) is 18.1 Å². The molecule has 4 rings (SSSR count). The van der Waals surface area contributed by atoms with Gasteiger partial charge in [0.2, 0.25) is 0 Å². The van der Waals surface area contributed by atoms with Crippen molar-refractivity contribution >= 4 is 33.8 Å². The second-order valence-corrected chi connectivity index (χ2v) is 7.61. The summed E-state index contributed by atoms with van der Waals surface area (Å²) in [6.45, 7) is 2.51. The summed E-state index contributed by atoms with van der Waals surface area (Å²) in [5, 5.41) is 11.0. The largest absolute Gasteiger partial charge is 0.495 e. The molecule has 0 radical (unpaired) electrons. The number of nitrogens with one attached hydrogen (secondary N) is 2. The monoisotopic (exact) mass is 419 g/mol. The molecule has 0 aliphatic heterocycles. The highest BCUT2D eigenvalue weighted by Crippen LogP contribution is 2.31. The molecule has 0 bridgehead atoms. The van der Waals surface area contributed by atoms with E-state index >= 15 is 0 Å². The number of ether oxygens (including phenoxy) is 1. The summed E-state index contributed by atoms with van der Waals surface area (Å²) in [5.41, 5.74) is 3.31. The lowest BCUT2D eigenvalue weighted by atomic mass is 10.2. The number of methoxy groups -OCH3 is 1. The van der Waals surface area contributed by atoms with Crippen molar-refractivity contribution in [3.05, 3.63) is 83.1 Å². The molecule has 2 aromatic heterocycles. The quantitative estimate of drug-likeness (QED) is 0.454. The Morgan fingerprint density at radius 2 is 1.93 bits per heavy atom. The first-order valence-corrected chi connectivity index (χ1v) is 10.2. The SMILES string of the molecule is COc1ccccc1Nc1nc(C)c(C(=O)Nc2ccc(Cn3cccn3)cc2)s1. The fraction of sp³-hybridized carbons (Fsp3) is 0.136. The third-order valence-corrected chi connectivity index (χ3v) is 5.54. The van der Waals surface area contributed by atoms with Gasteiger partial charge in [0.25, 0.3) is 5.91 Å². The van der Waals surface area contributed by atoms with Gasteiger partial charge in [-0.2, -0.15) is 5.10 Å². The van der Waals surface area contributed by atoms with Gasteiger partial charge < -0.3 is 15.4 Å². The molecule has 0 aliphatic rings. The Bertz CT molecular complexity index is 1140. The van der Waals surface area contributed by atoms with E-state index in [1.54, 1.807) is 13.3 Å². The van der Waals surface area contributed by atoms with Crippen LogP contribution in [0.1, 0.15) is 20.9 Å². The summed E-state index contributed by atoms with van der Waals surface area (Å²) in [5.74, 6) is 0.532. The highest BCUT2D eigenvalue weighted by molar-refractivity contribution is 7.17. The number of carbonyl (C=O) groups excluding carboxylic acids is 1. The number of nitrogens with zero attached hydrogens (tertiary/aromatic N) is 3. The van der Waals surface area contributed by atoms with E-state index in [1.807, 2.05) is 72.4 Å². The number of hydrogen-bond acceptors (Lipinski definition) is 6. The Balaban J connectivity index is 1.43. The highest BCUT2D eigenvalue weighted by atomic mass is 32.1. The molecule has 152 valence electrons. The fourth-order valence-electron chi connectivity index (χ4n) is 2.99. The van der Waals surface area contributed by atoms with Crippen molar-refractivity contribution < 1.29 is 9.53 Å². The van der Waals surface area contributed by atoms with Gasteiger partial charge in [-0.1, -0.05) is 35.6 Å².